The zero-order valence-electron chi connectivity index (χ0n) is 16.8. The van der Waals surface area contributed by atoms with Gasteiger partial charge in [0.25, 0.3) is 0 Å². The molecule has 162 valence electrons. The maximum absolute atomic E-state index is 14.8. The van der Waals surface area contributed by atoms with E-state index in [1.165, 1.54) is 50.7 Å². The normalized spacial score (nSPS) is 18.8. The number of hydrogen-bond acceptors (Lipinski definition) is 2. The Hall–Kier alpha value is -1.72. The number of rotatable bonds is 9. The second-order valence-electron chi connectivity index (χ2n) is 8.21. The van der Waals surface area contributed by atoms with Crippen molar-refractivity contribution in [3.63, 3.8) is 0 Å². The van der Waals surface area contributed by atoms with Crippen molar-refractivity contribution in [1.82, 2.24) is 0 Å². The van der Waals surface area contributed by atoms with E-state index in [0.29, 0.717) is 24.7 Å². The van der Waals surface area contributed by atoms with E-state index in [-0.39, 0.29) is 17.9 Å². The van der Waals surface area contributed by atoms with Crippen LogP contribution < -0.4 is 9.47 Å². The lowest BCUT2D eigenvalue weighted by molar-refractivity contribution is -0.276. The average Bonchev–Trinajstić information content (AvgIpc) is 3.36. The van der Waals surface area contributed by atoms with Crippen molar-refractivity contribution < 1.29 is 27.0 Å². The molecule has 0 spiro atoms. The molecule has 0 atom stereocenters. The van der Waals surface area contributed by atoms with E-state index in [2.05, 4.69) is 10.8 Å². The quantitative estimate of drug-likeness (QED) is 0.310. The Bertz CT molecular complexity index is 672. The van der Waals surface area contributed by atoms with Gasteiger partial charge in [0.2, 0.25) is 5.75 Å². The van der Waals surface area contributed by atoms with Gasteiger partial charge in [-0.1, -0.05) is 56.7 Å². The lowest BCUT2D eigenvalue weighted by Crippen LogP contribution is -2.19. The molecule has 0 unspecified atom stereocenters. The second-order valence-corrected chi connectivity index (χ2v) is 8.21. The van der Waals surface area contributed by atoms with E-state index in [1.54, 1.807) is 0 Å². The van der Waals surface area contributed by atoms with Gasteiger partial charge in [0.05, 0.1) is 6.61 Å². The smallest absolute Gasteiger partial charge is 0.490 e. The topological polar surface area (TPSA) is 18.5 Å². The molecule has 29 heavy (non-hydrogen) atoms. The molecule has 0 bridgehead atoms. The average molecular weight is 414 g/mol. The van der Waals surface area contributed by atoms with Gasteiger partial charge in [-0.3, -0.25) is 0 Å². The SMILES string of the molecule is Fc1c(CC/C=C/C2CCCC2)ccc(OCCC2CCCC2)c1OC(F)(F)F. The van der Waals surface area contributed by atoms with Crippen LogP contribution in [0.5, 0.6) is 11.5 Å². The summed E-state index contributed by atoms with van der Waals surface area (Å²) in [4.78, 5) is 0. The summed E-state index contributed by atoms with van der Waals surface area (Å²) in [5.41, 5.74) is 0.212. The Balaban J connectivity index is 1.63. The van der Waals surface area contributed by atoms with Crippen LogP contribution in [0.1, 0.15) is 69.8 Å². The monoisotopic (exact) mass is 414 g/mol. The van der Waals surface area contributed by atoms with Crippen LogP contribution in [0.4, 0.5) is 17.6 Å². The lowest BCUT2D eigenvalue weighted by atomic mass is 10.0. The van der Waals surface area contributed by atoms with E-state index in [9.17, 15) is 17.6 Å². The largest absolute Gasteiger partial charge is 0.573 e. The predicted molar refractivity (Wildman–Crippen MR) is 105 cm³/mol. The Kier molecular flexibility index (Phi) is 7.84. The van der Waals surface area contributed by atoms with Crippen LogP contribution in [0.2, 0.25) is 0 Å². The number of alkyl halides is 3. The summed E-state index contributed by atoms with van der Waals surface area (Å²) in [6.07, 6.45) is 10.3. The maximum atomic E-state index is 14.8. The minimum absolute atomic E-state index is 0.178. The van der Waals surface area contributed by atoms with Crippen LogP contribution in [0.25, 0.3) is 0 Å². The summed E-state index contributed by atoms with van der Waals surface area (Å²) in [5.74, 6) is -0.878. The van der Waals surface area contributed by atoms with Crippen LogP contribution in [0.15, 0.2) is 24.3 Å². The number of ether oxygens (including phenoxy) is 2. The molecule has 0 amide bonds. The van der Waals surface area contributed by atoms with Crippen LogP contribution in [0, 0.1) is 17.7 Å². The molecule has 2 nitrogen and oxygen atoms in total. The molecule has 6 heteroatoms. The molecule has 0 saturated heterocycles. The van der Waals surface area contributed by atoms with Crippen molar-refractivity contribution in [3.05, 3.63) is 35.7 Å². The predicted octanol–water partition coefficient (Wildman–Crippen LogP) is 7.36. The summed E-state index contributed by atoms with van der Waals surface area (Å²) in [6, 6.07) is 2.90. The molecular formula is C23H30F4O2. The van der Waals surface area contributed by atoms with E-state index in [1.807, 2.05) is 6.08 Å². The fourth-order valence-electron chi connectivity index (χ4n) is 4.41. The van der Waals surface area contributed by atoms with Gasteiger partial charge in [-0.15, -0.1) is 13.2 Å². The highest BCUT2D eigenvalue weighted by atomic mass is 19.4. The third-order valence-corrected chi connectivity index (χ3v) is 6.01. The van der Waals surface area contributed by atoms with Gasteiger partial charge >= 0.3 is 6.36 Å². The van der Waals surface area contributed by atoms with Crippen LogP contribution in [-0.2, 0) is 6.42 Å². The van der Waals surface area contributed by atoms with E-state index in [0.717, 1.165) is 19.3 Å². The van der Waals surface area contributed by atoms with Gasteiger partial charge in [-0.25, -0.2) is 4.39 Å². The molecule has 2 aliphatic carbocycles. The first-order valence-electron chi connectivity index (χ1n) is 10.8. The summed E-state index contributed by atoms with van der Waals surface area (Å²) in [6.45, 7) is 0.266. The zero-order valence-corrected chi connectivity index (χ0v) is 16.8. The first-order chi connectivity index (χ1) is 13.9. The van der Waals surface area contributed by atoms with Gasteiger partial charge < -0.3 is 9.47 Å². The molecule has 1 aromatic carbocycles. The van der Waals surface area contributed by atoms with Gasteiger partial charge in [0, 0.05) is 0 Å². The van der Waals surface area contributed by atoms with E-state index in [4.69, 9.17) is 4.74 Å². The molecule has 0 N–H and O–H groups in total. The first-order valence-corrected chi connectivity index (χ1v) is 10.8. The van der Waals surface area contributed by atoms with Gasteiger partial charge in [-0.2, -0.15) is 0 Å². The fourth-order valence-corrected chi connectivity index (χ4v) is 4.41. The van der Waals surface area contributed by atoms with Gasteiger partial charge in [-0.05, 0) is 55.6 Å². The maximum Gasteiger partial charge on any atom is 0.573 e. The Labute approximate surface area is 170 Å². The first kappa shape index (κ1) is 22.0. The van der Waals surface area contributed by atoms with Crippen LogP contribution in [-0.4, -0.2) is 13.0 Å². The van der Waals surface area contributed by atoms with Gasteiger partial charge in [0.1, 0.15) is 0 Å². The highest BCUT2D eigenvalue weighted by Crippen LogP contribution is 2.37. The fraction of sp³-hybridized carbons (Fsp3) is 0.652. The summed E-state index contributed by atoms with van der Waals surface area (Å²) >= 11 is 0. The number of benzene rings is 1. The lowest BCUT2D eigenvalue weighted by Gasteiger charge is -2.17. The van der Waals surface area contributed by atoms with Crippen molar-refractivity contribution in [3.8, 4) is 11.5 Å². The number of hydrogen-bond donors (Lipinski definition) is 0. The Morgan fingerprint density at radius 2 is 1.69 bits per heavy atom. The molecule has 3 rings (SSSR count). The Morgan fingerprint density at radius 1 is 1.00 bits per heavy atom. The molecule has 0 aliphatic heterocycles. The molecular weight excluding hydrogens is 384 g/mol. The van der Waals surface area contributed by atoms with Crippen molar-refractivity contribution in [2.24, 2.45) is 11.8 Å². The van der Waals surface area contributed by atoms with Crippen molar-refractivity contribution in [2.75, 3.05) is 6.61 Å². The minimum Gasteiger partial charge on any atom is -0.490 e. The second kappa shape index (κ2) is 10.4. The summed E-state index contributed by atoms with van der Waals surface area (Å²) in [5, 5.41) is 0. The molecule has 2 aliphatic rings. The highest BCUT2D eigenvalue weighted by Gasteiger charge is 2.35. The molecule has 1 aromatic rings. The summed E-state index contributed by atoms with van der Waals surface area (Å²) < 4.78 is 62.8. The standard InChI is InChI=1S/C23H30F4O2/c24-21-19(12-6-5-9-17-7-1-2-8-17)13-14-20(22(21)29-23(25,26)27)28-16-15-18-10-3-4-11-18/h5,9,13-14,17-18H,1-4,6-8,10-12,15-16H2/b9-5+. The molecule has 2 fully saturated rings. The highest BCUT2D eigenvalue weighted by molar-refractivity contribution is 5.45. The Morgan fingerprint density at radius 3 is 2.38 bits per heavy atom. The number of aryl methyl sites for hydroxylation is 1. The number of allylic oxidation sites excluding steroid dienone is 2. The van der Waals surface area contributed by atoms with Crippen molar-refractivity contribution >= 4 is 0 Å². The summed E-state index contributed by atoms with van der Waals surface area (Å²) in [7, 11) is 0. The molecule has 0 aromatic heterocycles. The van der Waals surface area contributed by atoms with Crippen molar-refractivity contribution in [1.29, 1.82) is 0 Å². The third kappa shape index (κ3) is 6.93. The van der Waals surface area contributed by atoms with E-state index >= 15 is 0 Å². The zero-order chi connectivity index (χ0) is 20.7. The molecule has 2 saturated carbocycles. The van der Waals surface area contributed by atoms with Gasteiger partial charge in [0.15, 0.2) is 11.6 Å². The van der Waals surface area contributed by atoms with Crippen molar-refractivity contribution in [2.45, 2.75) is 77.0 Å². The molecule has 0 heterocycles. The van der Waals surface area contributed by atoms with Crippen LogP contribution in [0.3, 0.4) is 0 Å². The van der Waals surface area contributed by atoms with E-state index < -0.39 is 17.9 Å². The minimum atomic E-state index is -4.97. The molecule has 0 radical (unpaired) electrons. The number of halogens is 4. The van der Waals surface area contributed by atoms with Crippen LogP contribution >= 0.6 is 0 Å². The third-order valence-electron chi connectivity index (χ3n) is 6.01.